The smallest absolute Gasteiger partial charge is 0.270 e. The fourth-order valence-corrected chi connectivity index (χ4v) is 4.29. The number of nitrogens with one attached hydrogen (secondary N) is 1. The number of halogens is 1. The Morgan fingerprint density at radius 1 is 1.03 bits per heavy atom. The molecule has 0 aliphatic carbocycles. The molecule has 1 N–H and O–H groups in total. The molecule has 174 valence electrons. The first kappa shape index (κ1) is 24.8. The van der Waals surface area contributed by atoms with E-state index in [-0.39, 0.29) is 10.7 Å². The highest BCUT2D eigenvalue weighted by molar-refractivity contribution is 14.1. The van der Waals surface area contributed by atoms with Gasteiger partial charge in [-0.25, -0.2) is 4.90 Å². The maximum absolute atomic E-state index is 13.4. The molecule has 2 aromatic rings. The fraction of sp³-hybridized carbons (Fsp3) is 0.261. The molecule has 2 amide bonds. The van der Waals surface area contributed by atoms with Crippen molar-refractivity contribution in [2.75, 3.05) is 32.3 Å². The summed E-state index contributed by atoms with van der Waals surface area (Å²) in [7, 11) is 3.00. The van der Waals surface area contributed by atoms with Crippen LogP contribution in [0.15, 0.2) is 35.9 Å². The van der Waals surface area contributed by atoms with Crippen molar-refractivity contribution in [3.05, 3.63) is 45.0 Å². The number of nitrogens with zero attached hydrogens (tertiary/aromatic N) is 1. The predicted octanol–water partition coefficient (Wildman–Crippen LogP) is 3.94. The summed E-state index contributed by atoms with van der Waals surface area (Å²) in [5, 5.41) is 2.54. The van der Waals surface area contributed by atoms with E-state index >= 15 is 0 Å². The largest absolute Gasteiger partial charge is 0.497 e. The minimum atomic E-state index is -0.587. The Labute approximate surface area is 211 Å². The number of thiocarbonyl (C=S) groups is 1. The summed E-state index contributed by atoms with van der Waals surface area (Å²) < 4.78 is 22.8. The number of benzene rings is 2. The SMILES string of the molecule is CCOc1cc(/C=C2\C(=O)NC(=S)N(c3ccc(OC)cc3OC)C2=O)cc(I)c1OCC. The van der Waals surface area contributed by atoms with E-state index in [1.807, 2.05) is 19.9 Å². The van der Waals surface area contributed by atoms with Crippen molar-refractivity contribution in [2.45, 2.75) is 13.8 Å². The molecular weight excluding hydrogens is 559 g/mol. The van der Waals surface area contributed by atoms with Gasteiger partial charge in [0.2, 0.25) is 0 Å². The molecule has 10 heteroatoms. The fourth-order valence-electron chi connectivity index (χ4n) is 3.23. The molecule has 0 radical (unpaired) electrons. The van der Waals surface area contributed by atoms with Gasteiger partial charge in [-0.2, -0.15) is 0 Å². The topological polar surface area (TPSA) is 86.3 Å². The Morgan fingerprint density at radius 2 is 1.76 bits per heavy atom. The molecular formula is C23H23IN2O6S. The van der Waals surface area contributed by atoms with Gasteiger partial charge < -0.3 is 18.9 Å². The highest BCUT2D eigenvalue weighted by Crippen LogP contribution is 2.37. The van der Waals surface area contributed by atoms with Gasteiger partial charge in [0, 0.05) is 6.07 Å². The number of methoxy groups -OCH3 is 2. The standard InChI is InChI=1S/C23H23IN2O6S/c1-5-31-19-11-13(10-16(24)20(19)32-6-2)9-15-21(27)25-23(33)26(22(15)28)17-8-7-14(29-3)12-18(17)30-4/h7-12H,5-6H2,1-4H3,(H,25,27,33)/b15-9+. The van der Waals surface area contributed by atoms with E-state index in [2.05, 4.69) is 27.9 Å². The van der Waals surface area contributed by atoms with Crippen LogP contribution < -0.4 is 29.2 Å². The van der Waals surface area contributed by atoms with Crippen LogP contribution >= 0.6 is 34.8 Å². The van der Waals surface area contributed by atoms with Crippen molar-refractivity contribution in [2.24, 2.45) is 0 Å². The van der Waals surface area contributed by atoms with E-state index < -0.39 is 11.8 Å². The quantitative estimate of drug-likeness (QED) is 0.219. The average Bonchev–Trinajstić information content (AvgIpc) is 2.79. The van der Waals surface area contributed by atoms with E-state index in [0.717, 1.165) is 3.57 Å². The van der Waals surface area contributed by atoms with Gasteiger partial charge >= 0.3 is 0 Å². The van der Waals surface area contributed by atoms with Gasteiger partial charge in [0.25, 0.3) is 11.8 Å². The van der Waals surface area contributed by atoms with Gasteiger partial charge in [0.15, 0.2) is 16.6 Å². The molecule has 0 aromatic heterocycles. The number of anilines is 1. The summed E-state index contributed by atoms with van der Waals surface area (Å²) in [5.41, 5.74) is 0.915. The van der Waals surface area contributed by atoms with E-state index in [1.54, 1.807) is 24.3 Å². The van der Waals surface area contributed by atoms with E-state index in [4.69, 9.17) is 31.2 Å². The van der Waals surface area contributed by atoms with Crippen molar-refractivity contribution in [3.63, 3.8) is 0 Å². The third kappa shape index (κ3) is 5.22. The molecule has 8 nitrogen and oxygen atoms in total. The van der Waals surface area contributed by atoms with Crippen molar-refractivity contribution >= 4 is 63.5 Å². The van der Waals surface area contributed by atoms with E-state index in [9.17, 15) is 9.59 Å². The molecule has 1 saturated heterocycles. The average molecular weight is 582 g/mol. The zero-order valence-corrected chi connectivity index (χ0v) is 21.5. The predicted molar refractivity (Wildman–Crippen MR) is 137 cm³/mol. The number of carbonyl (C=O) groups is 2. The lowest BCUT2D eigenvalue weighted by Crippen LogP contribution is -2.54. The molecule has 1 fully saturated rings. The summed E-state index contributed by atoms with van der Waals surface area (Å²) >= 11 is 7.43. The summed E-state index contributed by atoms with van der Waals surface area (Å²) in [4.78, 5) is 27.3. The third-order valence-corrected chi connectivity index (χ3v) is 5.75. The second kappa shape index (κ2) is 10.8. The molecule has 0 unspecified atom stereocenters. The summed E-state index contributed by atoms with van der Waals surface area (Å²) in [6.45, 7) is 4.67. The molecule has 1 aliphatic heterocycles. The van der Waals surface area contributed by atoms with Crippen molar-refractivity contribution in [1.29, 1.82) is 0 Å². The lowest BCUT2D eigenvalue weighted by Gasteiger charge is -2.30. The molecule has 0 saturated carbocycles. The Bertz CT molecular complexity index is 1130. The lowest BCUT2D eigenvalue weighted by molar-refractivity contribution is -0.122. The van der Waals surface area contributed by atoms with Crippen LogP contribution in [0.5, 0.6) is 23.0 Å². The van der Waals surface area contributed by atoms with Crippen LogP contribution in [-0.2, 0) is 9.59 Å². The second-order valence-electron chi connectivity index (χ2n) is 6.69. The molecule has 1 aliphatic rings. The van der Waals surface area contributed by atoms with Crippen molar-refractivity contribution < 1.29 is 28.5 Å². The number of carbonyl (C=O) groups excluding carboxylic acids is 2. The van der Waals surface area contributed by atoms with Crippen LogP contribution in [0.4, 0.5) is 5.69 Å². The van der Waals surface area contributed by atoms with Gasteiger partial charge in [-0.1, -0.05) is 0 Å². The molecule has 0 bridgehead atoms. The molecule has 3 rings (SSSR count). The van der Waals surface area contributed by atoms with Crippen LogP contribution in [0.2, 0.25) is 0 Å². The minimum absolute atomic E-state index is 0.0399. The molecule has 2 aromatic carbocycles. The van der Waals surface area contributed by atoms with Crippen LogP contribution in [0, 0.1) is 3.57 Å². The summed E-state index contributed by atoms with van der Waals surface area (Å²) in [6, 6.07) is 8.50. The number of hydrogen-bond acceptors (Lipinski definition) is 7. The maximum atomic E-state index is 13.4. The first-order valence-corrected chi connectivity index (χ1v) is 11.6. The van der Waals surface area contributed by atoms with E-state index in [1.165, 1.54) is 25.2 Å². The van der Waals surface area contributed by atoms with Crippen LogP contribution in [0.1, 0.15) is 19.4 Å². The van der Waals surface area contributed by atoms with E-state index in [0.29, 0.717) is 47.5 Å². The van der Waals surface area contributed by atoms with Gasteiger partial charge in [0.05, 0.1) is 36.7 Å². The highest BCUT2D eigenvalue weighted by Gasteiger charge is 2.36. The third-order valence-electron chi connectivity index (χ3n) is 4.66. The highest BCUT2D eigenvalue weighted by atomic mass is 127. The minimum Gasteiger partial charge on any atom is -0.497 e. The van der Waals surface area contributed by atoms with Crippen molar-refractivity contribution in [1.82, 2.24) is 5.32 Å². The normalized spacial score (nSPS) is 14.9. The number of ether oxygens (including phenoxy) is 4. The van der Waals surface area contributed by atoms with Gasteiger partial charge in [-0.15, -0.1) is 0 Å². The summed E-state index contributed by atoms with van der Waals surface area (Å²) in [6.07, 6.45) is 1.50. The lowest BCUT2D eigenvalue weighted by atomic mass is 10.1. The second-order valence-corrected chi connectivity index (χ2v) is 8.24. The van der Waals surface area contributed by atoms with Crippen molar-refractivity contribution in [3.8, 4) is 23.0 Å². The van der Waals surface area contributed by atoms with Gasteiger partial charge in [-0.05, 0) is 84.6 Å². The zero-order valence-electron chi connectivity index (χ0n) is 18.6. The van der Waals surface area contributed by atoms with Crippen LogP contribution in [0.3, 0.4) is 0 Å². The first-order valence-electron chi connectivity index (χ1n) is 10.1. The Hall–Kier alpha value is -2.86. The molecule has 0 atom stereocenters. The molecule has 33 heavy (non-hydrogen) atoms. The maximum Gasteiger partial charge on any atom is 0.270 e. The number of hydrogen-bond donors (Lipinski definition) is 1. The van der Waals surface area contributed by atoms with Crippen LogP contribution in [-0.4, -0.2) is 44.4 Å². The first-order chi connectivity index (χ1) is 15.8. The Kier molecular flexibility index (Phi) is 8.14. The summed E-state index contributed by atoms with van der Waals surface area (Å²) in [5.74, 6) is 0.913. The van der Waals surface area contributed by atoms with Crippen LogP contribution in [0.25, 0.3) is 6.08 Å². The zero-order chi connectivity index (χ0) is 24.1. The molecule has 0 spiro atoms. The van der Waals surface area contributed by atoms with Gasteiger partial charge in [0.1, 0.15) is 17.1 Å². The number of rotatable bonds is 8. The monoisotopic (exact) mass is 582 g/mol. The number of amides is 2. The Morgan fingerprint density at radius 3 is 2.39 bits per heavy atom. The van der Waals surface area contributed by atoms with Gasteiger partial charge in [-0.3, -0.25) is 14.9 Å². The molecule has 1 heterocycles. The Balaban J connectivity index is 2.06.